The maximum absolute atomic E-state index is 12.1. The highest BCUT2D eigenvalue weighted by atomic mass is 16.6. The second kappa shape index (κ2) is 9.73. The van der Waals surface area contributed by atoms with Crippen LogP contribution in [0.2, 0.25) is 0 Å². The van der Waals surface area contributed by atoms with Crippen LogP contribution in [0.15, 0.2) is 47.7 Å². The Hall–Kier alpha value is -4.34. The number of carbonyl (C=O) groups is 1. The van der Waals surface area contributed by atoms with Crippen LogP contribution in [-0.4, -0.2) is 44.4 Å². The number of benzene rings is 1. The minimum Gasteiger partial charge on any atom is -0.504 e. The highest BCUT2D eigenvalue weighted by Crippen LogP contribution is 2.32. The maximum atomic E-state index is 12.1. The van der Waals surface area contributed by atoms with Gasteiger partial charge in [-0.25, -0.2) is 4.79 Å². The molecule has 4 rings (SSSR count). The Labute approximate surface area is 207 Å². The number of fused-ring (bicyclic) bond motifs is 3. The maximum Gasteiger partial charge on any atom is 0.407 e. The number of hydrogen-bond acceptors (Lipinski definition) is 8. The lowest BCUT2D eigenvalue weighted by Crippen LogP contribution is -2.41. The van der Waals surface area contributed by atoms with E-state index >= 15 is 0 Å². The summed E-state index contributed by atoms with van der Waals surface area (Å²) in [7, 11) is 0. The van der Waals surface area contributed by atoms with E-state index in [1.54, 1.807) is 45.4 Å². The molecule has 36 heavy (non-hydrogen) atoms. The van der Waals surface area contributed by atoms with Gasteiger partial charge < -0.3 is 30.6 Å². The first-order valence-electron chi connectivity index (χ1n) is 11.6. The molecule has 10 nitrogen and oxygen atoms in total. The van der Waals surface area contributed by atoms with Gasteiger partial charge in [0.25, 0.3) is 0 Å². The number of nitrogens with one attached hydrogen (secondary N) is 2. The second-order valence-electron chi connectivity index (χ2n) is 9.49. The van der Waals surface area contributed by atoms with Crippen molar-refractivity contribution in [3.8, 4) is 22.8 Å². The molecule has 1 atom stereocenters. The molecule has 0 radical (unpaired) electrons. The third-order valence-corrected chi connectivity index (χ3v) is 5.53. The Morgan fingerprint density at radius 2 is 1.92 bits per heavy atom. The number of alkyl carbamates (subject to hydrolysis) is 1. The van der Waals surface area contributed by atoms with Gasteiger partial charge in [-0.1, -0.05) is 6.92 Å². The van der Waals surface area contributed by atoms with Gasteiger partial charge in [0, 0.05) is 40.5 Å². The fraction of sp³-hybridized carbons (Fsp3) is 0.308. The Morgan fingerprint density at radius 1 is 1.14 bits per heavy atom. The summed E-state index contributed by atoms with van der Waals surface area (Å²) in [5, 5.41) is 14.8. The number of hydrogen-bond donors (Lipinski definition) is 4. The van der Waals surface area contributed by atoms with Crippen LogP contribution in [0.3, 0.4) is 0 Å². The number of nitrogen functional groups attached to an aromatic ring is 1. The monoisotopic (exact) mass is 491 g/mol. The molecule has 0 spiro atoms. The molecule has 0 fully saturated rings. The molecule has 1 amide bonds. The van der Waals surface area contributed by atoms with Gasteiger partial charge >= 0.3 is 6.09 Å². The van der Waals surface area contributed by atoms with Crippen LogP contribution in [0, 0.1) is 0 Å². The fourth-order valence-corrected chi connectivity index (χ4v) is 3.73. The lowest BCUT2D eigenvalue weighted by Gasteiger charge is -2.23. The van der Waals surface area contributed by atoms with Crippen LogP contribution >= 0.6 is 0 Å². The van der Waals surface area contributed by atoms with E-state index in [9.17, 15) is 14.7 Å². The zero-order valence-electron chi connectivity index (χ0n) is 20.6. The fourth-order valence-electron chi connectivity index (χ4n) is 3.73. The van der Waals surface area contributed by atoms with Gasteiger partial charge in [-0.2, -0.15) is 0 Å². The summed E-state index contributed by atoms with van der Waals surface area (Å²) in [5.41, 5.74) is 7.03. The van der Waals surface area contributed by atoms with Crippen LogP contribution in [0.4, 0.5) is 10.6 Å². The Morgan fingerprint density at radius 3 is 2.64 bits per heavy atom. The molecule has 0 aliphatic rings. The summed E-state index contributed by atoms with van der Waals surface area (Å²) in [4.78, 5) is 35.7. The van der Waals surface area contributed by atoms with Crippen molar-refractivity contribution < 1.29 is 19.4 Å². The van der Waals surface area contributed by atoms with Crippen molar-refractivity contribution >= 4 is 33.6 Å². The normalized spacial score (nSPS) is 12.4. The number of anilines is 1. The van der Waals surface area contributed by atoms with Gasteiger partial charge in [0.1, 0.15) is 23.8 Å². The van der Waals surface area contributed by atoms with E-state index in [-0.39, 0.29) is 18.4 Å². The summed E-state index contributed by atoms with van der Waals surface area (Å²) in [6.07, 6.45) is 4.99. The second-order valence-corrected chi connectivity index (χ2v) is 9.49. The molecule has 0 aliphatic heterocycles. The average Bonchev–Trinajstić information content (AvgIpc) is 2.81. The van der Waals surface area contributed by atoms with Crippen molar-refractivity contribution in [2.45, 2.75) is 45.8 Å². The number of ether oxygens (including phenoxy) is 2. The highest BCUT2D eigenvalue weighted by Gasteiger charge is 2.19. The van der Waals surface area contributed by atoms with Crippen LogP contribution in [0.25, 0.3) is 32.9 Å². The smallest absolute Gasteiger partial charge is 0.407 e. The van der Waals surface area contributed by atoms with E-state index < -0.39 is 17.1 Å². The van der Waals surface area contributed by atoms with Crippen molar-refractivity contribution in [1.29, 1.82) is 0 Å². The summed E-state index contributed by atoms with van der Waals surface area (Å²) < 4.78 is 11.2. The van der Waals surface area contributed by atoms with Crippen molar-refractivity contribution in [2.75, 3.05) is 12.3 Å². The van der Waals surface area contributed by atoms with Gasteiger partial charge in [0.05, 0.1) is 17.8 Å². The van der Waals surface area contributed by atoms with Crippen LogP contribution in [0.5, 0.6) is 11.5 Å². The van der Waals surface area contributed by atoms with E-state index in [2.05, 4.69) is 20.3 Å². The Bertz CT molecular complexity index is 1490. The number of nitrogens with zero attached hydrogens (tertiary/aromatic N) is 2. The zero-order chi connectivity index (χ0) is 26.0. The topological polar surface area (TPSA) is 152 Å². The number of pyridine rings is 3. The number of aromatic hydroxyl groups is 1. The number of nitrogens with two attached hydrogens (primary N) is 1. The third kappa shape index (κ3) is 5.48. The van der Waals surface area contributed by atoms with E-state index in [1.807, 2.05) is 13.0 Å². The number of carbonyl (C=O) groups excluding carboxylic acids is 1. The molecule has 1 aromatic carbocycles. The third-order valence-electron chi connectivity index (χ3n) is 5.53. The number of rotatable bonds is 6. The first kappa shape index (κ1) is 24.8. The number of H-pyrrole nitrogens is 1. The average molecular weight is 492 g/mol. The van der Waals surface area contributed by atoms with Crippen molar-refractivity contribution in [3.63, 3.8) is 0 Å². The summed E-state index contributed by atoms with van der Waals surface area (Å²) in [6, 6.07) is 6.11. The van der Waals surface area contributed by atoms with Gasteiger partial charge in [-0.05, 0) is 50.8 Å². The summed E-state index contributed by atoms with van der Waals surface area (Å²) in [6.45, 7) is 7.60. The predicted octanol–water partition coefficient (Wildman–Crippen LogP) is 4.11. The van der Waals surface area contributed by atoms with Crippen molar-refractivity contribution in [2.24, 2.45) is 0 Å². The minimum absolute atomic E-state index is 0.234. The van der Waals surface area contributed by atoms with Crippen LogP contribution < -0.4 is 21.2 Å². The Kier molecular flexibility index (Phi) is 6.69. The molecule has 3 heterocycles. The lowest BCUT2D eigenvalue weighted by atomic mass is 10.0. The molecule has 5 N–H and O–H groups in total. The molecular weight excluding hydrogens is 462 g/mol. The predicted molar refractivity (Wildman–Crippen MR) is 138 cm³/mol. The summed E-state index contributed by atoms with van der Waals surface area (Å²) >= 11 is 0. The number of aromatic nitrogens is 3. The van der Waals surface area contributed by atoms with E-state index in [1.165, 1.54) is 12.1 Å². The SMILES string of the molecule is CC[C@H](COc1cncc(-c2cc3c(cnc4cc(=O)c(O)cc43)c(N)[nH]2)c1)NC(=O)OC(C)(C)C. The molecule has 0 unspecified atom stereocenters. The van der Waals surface area contributed by atoms with Gasteiger partial charge in [-0.15, -0.1) is 0 Å². The minimum atomic E-state index is -0.586. The van der Waals surface area contributed by atoms with Crippen molar-refractivity contribution in [3.05, 3.63) is 53.1 Å². The number of phenolic OH excluding ortho intramolecular Hbond substituents is 1. The Balaban J connectivity index is 1.60. The van der Waals surface area contributed by atoms with E-state index in [4.69, 9.17) is 15.2 Å². The molecule has 10 heteroatoms. The largest absolute Gasteiger partial charge is 0.504 e. The first-order chi connectivity index (χ1) is 17.0. The molecule has 0 saturated carbocycles. The standard InChI is InChI=1S/C26H29N5O5/c1-5-15(30-25(34)36-26(2,3)4)13-35-16-6-14(10-28-11-16)20-7-17-18-8-22(32)23(33)9-21(18)29-12-19(17)24(27)31-20/h6-12,15,31-32H,5,13,27H2,1-4H3,(H,30,34)/t15-/m1/s1. The quantitative estimate of drug-likeness (QED) is 0.294. The highest BCUT2D eigenvalue weighted by molar-refractivity contribution is 6.10. The first-order valence-corrected chi connectivity index (χ1v) is 11.6. The molecule has 0 aliphatic carbocycles. The lowest BCUT2D eigenvalue weighted by molar-refractivity contribution is 0.0486. The van der Waals surface area contributed by atoms with Crippen LogP contribution in [0.1, 0.15) is 34.1 Å². The summed E-state index contributed by atoms with van der Waals surface area (Å²) in [5.74, 6) is 0.533. The van der Waals surface area contributed by atoms with E-state index in [0.29, 0.717) is 45.5 Å². The van der Waals surface area contributed by atoms with Gasteiger partial charge in [0.15, 0.2) is 5.75 Å². The number of phenols is 1. The molecule has 0 saturated heterocycles. The van der Waals surface area contributed by atoms with Crippen LogP contribution in [-0.2, 0) is 4.74 Å². The molecular formula is C26H29N5O5. The van der Waals surface area contributed by atoms with E-state index in [0.717, 1.165) is 5.39 Å². The number of amides is 1. The van der Waals surface area contributed by atoms with Gasteiger partial charge in [-0.3, -0.25) is 14.8 Å². The molecule has 0 bridgehead atoms. The molecule has 3 aromatic heterocycles. The zero-order valence-corrected chi connectivity index (χ0v) is 20.6. The van der Waals surface area contributed by atoms with Crippen molar-refractivity contribution in [1.82, 2.24) is 20.3 Å². The molecule has 4 aromatic rings. The van der Waals surface area contributed by atoms with Gasteiger partial charge in [0.2, 0.25) is 5.43 Å². The molecule has 188 valence electrons. The number of aromatic amines is 1.